The molecule has 0 saturated heterocycles. The average Bonchev–Trinajstić information content (AvgIpc) is 2.94. The van der Waals surface area contributed by atoms with E-state index in [1.807, 2.05) is 6.92 Å². The third-order valence-electron chi connectivity index (χ3n) is 7.89. The van der Waals surface area contributed by atoms with E-state index in [-0.39, 0.29) is 17.8 Å². The quantitative estimate of drug-likeness (QED) is 0.540. The van der Waals surface area contributed by atoms with E-state index in [1.165, 1.54) is 17.6 Å². The predicted molar refractivity (Wildman–Crippen MR) is 108 cm³/mol. The number of alkyl halides is 2. The smallest absolute Gasteiger partial charge is 0.238 e. The minimum absolute atomic E-state index is 0.0374. The number of hydrogen-bond acceptors (Lipinski definition) is 1. The van der Waals surface area contributed by atoms with E-state index in [0.29, 0.717) is 24.2 Å². The Morgan fingerprint density at radius 1 is 1.26 bits per heavy atom. The van der Waals surface area contributed by atoms with E-state index >= 15 is 0 Å². The summed E-state index contributed by atoms with van der Waals surface area (Å²) in [4.78, 5) is 0. The van der Waals surface area contributed by atoms with Crippen LogP contribution in [-0.2, 0) is 0 Å². The SMILES string of the molecule is C=C1[C@H](C)C/C(=C\C=C2/CCC[C@]3(C)[C@@H](C(C)CC(F)F)CC[C@@H]23)C[C@H]1O. The van der Waals surface area contributed by atoms with Crippen LogP contribution in [0.1, 0.15) is 72.1 Å². The standard InChI is InChI=1S/C24H36F2O/c1-15-12-18(14-22(27)17(15)3)7-8-19-6-5-11-24(4)20(9-10-21(19)24)16(2)13-23(25)26/h7-8,15-16,20-23,27H,3,5-6,9-14H2,1-2,4H3/b18-7+,19-8+/t15-,16?,20-,21+,22-,24-/m1/s1. The van der Waals surface area contributed by atoms with Crippen LogP contribution in [0.4, 0.5) is 8.78 Å². The molecule has 0 aromatic heterocycles. The molecule has 6 atom stereocenters. The summed E-state index contributed by atoms with van der Waals surface area (Å²) in [5.74, 6) is 1.38. The molecule has 3 aliphatic rings. The van der Waals surface area contributed by atoms with Crippen molar-refractivity contribution in [3.8, 4) is 0 Å². The van der Waals surface area contributed by atoms with Gasteiger partial charge in [-0.15, -0.1) is 0 Å². The van der Waals surface area contributed by atoms with Gasteiger partial charge >= 0.3 is 0 Å². The number of aliphatic hydroxyl groups is 1. The molecular weight excluding hydrogens is 342 g/mol. The fourth-order valence-corrected chi connectivity index (χ4v) is 6.34. The van der Waals surface area contributed by atoms with Gasteiger partial charge in [-0.1, -0.05) is 50.6 Å². The van der Waals surface area contributed by atoms with Crippen LogP contribution in [0.2, 0.25) is 0 Å². The molecule has 1 N–H and O–H groups in total. The number of hydrogen-bond donors (Lipinski definition) is 1. The molecule has 0 aliphatic heterocycles. The molecular formula is C24H36F2O. The van der Waals surface area contributed by atoms with Crippen LogP contribution in [0.25, 0.3) is 0 Å². The summed E-state index contributed by atoms with van der Waals surface area (Å²) >= 11 is 0. The highest BCUT2D eigenvalue weighted by Gasteiger charge is 2.50. The lowest BCUT2D eigenvalue weighted by atomic mass is 9.61. The highest BCUT2D eigenvalue weighted by Crippen LogP contribution is 2.60. The molecule has 0 bridgehead atoms. The van der Waals surface area contributed by atoms with Crippen molar-refractivity contribution in [3.63, 3.8) is 0 Å². The van der Waals surface area contributed by atoms with Gasteiger partial charge in [-0.2, -0.15) is 0 Å². The van der Waals surface area contributed by atoms with Crippen LogP contribution in [-0.4, -0.2) is 17.6 Å². The van der Waals surface area contributed by atoms with E-state index in [9.17, 15) is 13.9 Å². The maximum Gasteiger partial charge on any atom is 0.238 e. The average molecular weight is 379 g/mol. The number of rotatable bonds is 4. The van der Waals surface area contributed by atoms with Crippen LogP contribution < -0.4 is 0 Å². The zero-order valence-electron chi connectivity index (χ0n) is 17.2. The van der Waals surface area contributed by atoms with Gasteiger partial charge in [0, 0.05) is 6.42 Å². The first-order valence-electron chi connectivity index (χ1n) is 10.8. The summed E-state index contributed by atoms with van der Waals surface area (Å²) < 4.78 is 25.9. The third kappa shape index (κ3) is 4.23. The summed E-state index contributed by atoms with van der Waals surface area (Å²) in [6.45, 7) is 10.5. The van der Waals surface area contributed by atoms with E-state index < -0.39 is 12.5 Å². The number of aliphatic hydroxyl groups excluding tert-OH is 1. The van der Waals surface area contributed by atoms with E-state index in [4.69, 9.17) is 0 Å². The van der Waals surface area contributed by atoms with Crippen LogP contribution in [0.15, 0.2) is 35.5 Å². The molecule has 27 heavy (non-hydrogen) atoms. The second-order valence-electron chi connectivity index (χ2n) is 9.67. The molecule has 1 nitrogen and oxygen atoms in total. The minimum atomic E-state index is -2.19. The largest absolute Gasteiger partial charge is 0.388 e. The molecule has 0 radical (unpaired) electrons. The molecule has 3 aliphatic carbocycles. The van der Waals surface area contributed by atoms with Crippen molar-refractivity contribution in [2.24, 2.45) is 29.1 Å². The molecule has 3 heteroatoms. The molecule has 0 heterocycles. The topological polar surface area (TPSA) is 20.2 Å². The second-order valence-corrected chi connectivity index (χ2v) is 9.67. The summed E-state index contributed by atoms with van der Waals surface area (Å²) in [6, 6.07) is 0. The van der Waals surface area contributed by atoms with Crippen LogP contribution in [0, 0.1) is 29.1 Å². The molecule has 3 saturated carbocycles. The molecule has 1 unspecified atom stereocenters. The summed E-state index contributed by atoms with van der Waals surface area (Å²) in [5, 5.41) is 10.2. The van der Waals surface area contributed by atoms with Gasteiger partial charge in [0.2, 0.25) is 6.43 Å². The van der Waals surface area contributed by atoms with E-state index in [2.05, 4.69) is 32.6 Å². The Morgan fingerprint density at radius 2 is 2.00 bits per heavy atom. The fraction of sp³-hybridized carbons (Fsp3) is 0.750. The second kappa shape index (κ2) is 8.19. The number of allylic oxidation sites excluding steroid dienone is 3. The van der Waals surface area contributed by atoms with Crippen LogP contribution in [0.3, 0.4) is 0 Å². The van der Waals surface area contributed by atoms with Gasteiger partial charge in [0.25, 0.3) is 0 Å². The maximum absolute atomic E-state index is 12.9. The van der Waals surface area contributed by atoms with Crippen molar-refractivity contribution >= 4 is 0 Å². The first-order valence-corrected chi connectivity index (χ1v) is 10.8. The zero-order chi connectivity index (χ0) is 19.8. The Morgan fingerprint density at radius 3 is 2.67 bits per heavy atom. The Labute approximate surface area is 163 Å². The Kier molecular flexibility index (Phi) is 6.30. The van der Waals surface area contributed by atoms with Crippen molar-refractivity contribution in [1.82, 2.24) is 0 Å². The van der Waals surface area contributed by atoms with Crippen molar-refractivity contribution in [2.45, 2.75) is 84.7 Å². The Bertz CT molecular complexity index is 604. The summed E-state index contributed by atoms with van der Waals surface area (Å²) in [6.07, 6.45) is 9.34. The van der Waals surface area contributed by atoms with E-state index in [0.717, 1.165) is 37.7 Å². The van der Waals surface area contributed by atoms with Crippen molar-refractivity contribution in [3.05, 3.63) is 35.5 Å². The van der Waals surface area contributed by atoms with Gasteiger partial charge in [-0.25, -0.2) is 8.78 Å². The van der Waals surface area contributed by atoms with Crippen LogP contribution >= 0.6 is 0 Å². The number of fused-ring (bicyclic) bond motifs is 1. The monoisotopic (exact) mass is 378 g/mol. The lowest BCUT2D eigenvalue weighted by Gasteiger charge is -2.44. The van der Waals surface area contributed by atoms with Crippen molar-refractivity contribution < 1.29 is 13.9 Å². The van der Waals surface area contributed by atoms with E-state index in [1.54, 1.807) is 0 Å². The molecule has 0 spiro atoms. The highest BCUT2D eigenvalue weighted by molar-refractivity contribution is 5.29. The first-order chi connectivity index (χ1) is 12.7. The third-order valence-corrected chi connectivity index (χ3v) is 7.89. The molecule has 152 valence electrons. The maximum atomic E-state index is 12.9. The minimum Gasteiger partial charge on any atom is -0.388 e. The van der Waals surface area contributed by atoms with Gasteiger partial charge in [-0.3, -0.25) is 0 Å². The molecule has 0 aromatic rings. The lowest BCUT2D eigenvalue weighted by molar-refractivity contribution is 0.0522. The molecule has 0 aromatic carbocycles. The summed E-state index contributed by atoms with van der Waals surface area (Å²) in [7, 11) is 0. The van der Waals surface area contributed by atoms with Gasteiger partial charge < -0.3 is 5.11 Å². The molecule has 3 rings (SSSR count). The van der Waals surface area contributed by atoms with Gasteiger partial charge in [0.1, 0.15) is 0 Å². The number of halogens is 2. The van der Waals surface area contributed by atoms with Gasteiger partial charge in [0.15, 0.2) is 0 Å². The first kappa shape index (κ1) is 20.8. The lowest BCUT2D eigenvalue weighted by Crippen LogP contribution is -2.36. The summed E-state index contributed by atoms with van der Waals surface area (Å²) in [5.41, 5.74) is 3.94. The zero-order valence-corrected chi connectivity index (χ0v) is 17.2. The normalized spacial score (nSPS) is 41.4. The van der Waals surface area contributed by atoms with Crippen molar-refractivity contribution in [1.29, 1.82) is 0 Å². The predicted octanol–water partition coefficient (Wildman–Crippen LogP) is 6.69. The van der Waals surface area contributed by atoms with Crippen LogP contribution in [0.5, 0.6) is 0 Å². The van der Waals surface area contributed by atoms with Gasteiger partial charge in [0.05, 0.1) is 6.10 Å². The molecule has 3 fully saturated rings. The highest BCUT2D eigenvalue weighted by atomic mass is 19.3. The fourth-order valence-electron chi connectivity index (χ4n) is 6.34. The van der Waals surface area contributed by atoms with Gasteiger partial charge in [-0.05, 0) is 79.6 Å². The Balaban J connectivity index is 1.76. The van der Waals surface area contributed by atoms with Crippen molar-refractivity contribution in [2.75, 3.05) is 0 Å². The molecule has 0 amide bonds. The Hall–Kier alpha value is -0.960.